The smallest absolute Gasteiger partial charge is 0.306 e. The predicted octanol–water partition coefficient (Wildman–Crippen LogP) is 3.73. The van der Waals surface area contributed by atoms with Crippen LogP contribution in [0.4, 0.5) is 14.5 Å². The number of ether oxygens (including phenoxy) is 1. The number of hydrogen-bond acceptors (Lipinski definition) is 4. The zero-order valence-corrected chi connectivity index (χ0v) is 15.0. The van der Waals surface area contributed by atoms with Crippen LogP contribution in [0.2, 0.25) is 0 Å². The Morgan fingerprint density at radius 3 is 2.37 bits per heavy atom. The molecule has 7 heteroatoms. The lowest BCUT2D eigenvalue weighted by Gasteiger charge is -2.08. The molecule has 0 atom stereocenters. The number of benzene rings is 2. The normalized spacial score (nSPS) is 10.4. The number of nitrogens with one attached hydrogen (secondary N) is 1. The second kappa shape index (κ2) is 9.02. The van der Waals surface area contributed by atoms with Gasteiger partial charge < -0.3 is 10.1 Å². The third-order valence-corrected chi connectivity index (χ3v) is 3.95. The van der Waals surface area contributed by atoms with Crippen LogP contribution in [0.3, 0.4) is 0 Å². The Kier molecular flexibility index (Phi) is 6.76. The van der Waals surface area contributed by atoms with Gasteiger partial charge in [-0.05, 0) is 43.2 Å². The molecule has 1 amide bonds. The maximum Gasteiger partial charge on any atom is 0.306 e. The number of carbonyl (C=O) groups excluding carboxylic acids is 3. The summed E-state index contributed by atoms with van der Waals surface area (Å²) in [6, 6.07) is 7.96. The molecule has 2 aromatic rings. The van der Waals surface area contributed by atoms with Crippen molar-refractivity contribution in [2.24, 2.45) is 0 Å². The average Bonchev–Trinajstić information content (AvgIpc) is 2.62. The van der Waals surface area contributed by atoms with Gasteiger partial charge in [0, 0.05) is 18.1 Å². The Labute approximate surface area is 155 Å². The molecule has 0 aliphatic carbocycles. The van der Waals surface area contributed by atoms with Crippen LogP contribution in [-0.2, 0) is 14.3 Å². The third-order valence-electron chi connectivity index (χ3n) is 3.95. The molecule has 142 valence electrons. The molecule has 0 aliphatic rings. The number of carbonyl (C=O) groups is 3. The van der Waals surface area contributed by atoms with Crippen molar-refractivity contribution >= 4 is 23.3 Å². The minimum absolute atomic E-state index is 0.0461. The summed E-state index contributed by atoms with van der Waals surface area (Å²) in [7, 11) is 0. The molecule has 27 heavy (non-hydrogen) atoms. The van der Waals surface area contributed by atoms with E-state index in [-0.39, 0.29) is 24.3 Å². The van der Waals surface area contributed by atoms with Crippen molar-refractivity contribution in [3.8, 4) is 0 Å². The van der Waals surface area contributed by atoms with Gasteiger partial charge in [-0.2, -0.15) is 0 Å². The number of ketones is 1. The Morgan fingerprint density at radius 2 is 1.70 bits per heavy atom. The first-order valence-electron chi connectivity index (χ1n) is 8.27. The number of Topliss-reactive ketones (excluding diaryl/α,β-unsaturated/α-hetero) is 1. The lowest BCUT2D eigenvalue weighted by atomic mass is 10.0. The predicted molar refractivity (Wildman–Crippen MR) is 95.4 cm³/mol. The third kappa shape index (κ3) is 5.99. The van der Waals surface area contributed by atoms with E-state index >= 15 is 0 Å². The van der Waals surface area contributed by atoms with Crippen molar-refractivity contribution in [3.63, 3.8) is 0 Å². The number of amides is 1. The van der Waals surface area contributed by atoms with Crippen molar-refractivity contribution in [3.05, 3.63) is 64.7 Å². The monoisotopic (exact) mass is 375 g/mol. The van der Waals surface area contributed by atoms with E-state index in [4.69, 9.17) is 4.74 Å². The van der Waals surface area contributed by atoms with E-state index in [1.807, 2.05) is 19.9 Å². The highest BCUT2D eigenvalue weighted by Crippen LogP contribution is 2.15. The topological polar surface area (TPSA) is 72.5 Å². The molecule has 0 unspecified atom stereocenters. The Balaban J connectivity index is 1.77. The second-order valence-electron chi connectivity index (χ2n) is 6.06. The van der Waals surface area contributed by atoms with Crippen molar-refractivity contribution < 1.29 is 27.9 Å². The van der Waals surface area contributed by atoms with Crippen LogP contribution in [0.25, 0.3) is 0 Å². The van der Waals surface area contributed by atoms with E-state index in [9.17, 15) is 23.2 Å². The summed E-state index contributed by atoms with van der Waals surface area (Å²) in [5, 5.41) is 2.17. The Hall–Kier alpha value is -3.09. The van der Waals surface area contributed by atoms with E-state index < -0.39 is 30.1 Å². The standard InChI is InChI=1S/C20H19F2NO4/c1-12-3-4-14(9-13(12)2)18(24)7-8-20(26)27-11-19(25)23-17-6-5-15(21)10-16(17)22/h3-6,9-10H,7-8,11H2,1-2H3,(H,23,25). The fourth-order valence-corrected chi connectivity index (χ4v) is 2.27. The summed E-state index contributed by atoms with van der Waals surface area (Å²) in [6.07, 6.45) is -0.223. The first-order chi connectivity index (χ1) is 12.8. The maximum atomic E-state index is 13.4. The minimum Gasteiger partial charge on any atom is -0.456 e. The molecular weight excluding hydrogens is 356 g/mol. The largest absolute Gasteiger partial charge is 0.456 e. The molecule has 2 rings (SSSR count). The first kappa shape index (κ1) is 20.2. The first-order valence-corrected chi connectivity index (χ1v) is 8.27. The summed E-state index contributed by atoms with van der Waals surface area (Å²) in [5.41, 5.74) is 2.33. The number of halogens is 2. The van der Waals surface area contributed by atoms with E-state index in [1.54, 1.807) is 12.1 Å². The van der Waals surface area contributed by atoms with E-state index in [0.29, 0.717) is 11.6 Å². The van der Waals surface area contributed by atoms with Gasteiger partial charge >= 0.3 is 5.97 Å². The highest BCUT2D eigenvalue weighted by molar-refractivity contribution is 5.98. The Morgan fingerprint density at radius 1 is 0.963 bits per heavy atom. The van der Waals surface area contributed by atoms with Gasteiger partial charge in [-0.1, -0.05) is 12.1 Å². The van der Waals surface area contributed by atoms with Crippen molar-refractivity contribution in [1.29, 1.82) is 0 Å². The van der Waals surface area contributed by atoms with Crippen molar-refractivity contribution in [1.82, 2.24) is 0 Å². The maximum absolute atomic E-state index is 13.4. The SMILES string of the molecule is Cc1ccc(C(=O)CCC(=O)OCC(=O)Nc2ccc(F)cc2F)cc1C. The van der Waals surface area contributed by atoms with E-state index in [0.717, 1.165) is 23.3 Å². The van der Waals surface area contributed by atoms with Crippen molar-refractivity contribution in [2.45, 2.75) is 26.7 Å². The van der Waals surface area contributed by atoms with Gasteiger partial charge in [0.2, 0.25) is 0 Å². The molecule has 0 heterocycles. The van der Waals surface area contributed by atoms with E-state index in [1.165, 1.54) is 0 Å². The molecule has 0 spiro atoms. The Bertz CT molecular complexity index is 880. The zero-order valence-electron chi connectivity index (χ0n) is 15.0. The average molecular weight is 375 g/mol. The number of hydrogen-bond donors (Lipinski definition) is 1. The quantitative estimate of drug-likeness (QED) is 0.591. The van der Waals surface area contributed by atoms with Gasteiger partial charge in [-0.25, -0.2) is 8.78 Å². The zero-order chi connectivity index (χ0) is 20.0. The molecule has 5 nitrogen and oxygen atoms in total. The molecule has 0 radical (unpaired) electrons. The lowest BCUT2D eigenvalue weighted by molar-refractivity contribution is -0.147. The summed E-state index contributed by atoms with van der Waals surface area (Å²) < 4.78 is 31.0. The highest BCUT2D eigenvalue weighted by atomic mass is 19.1. The van der Waals surface area contributed by atoms with Crippen LogP contribution in [0.1, 0.15) is 34.3 Å². The van der Waals surface area contributed by atoms with Crippen LogP contribution in [-0.4, -0.2) is 24.3 Å². The number of aryl methyl sites for hydroxylation is 2. The molecule has 0 bridgehead atoms. The van der Waals surface area contributed by atoms with Gasteiger partial charge in [0.15, 0.2) is 12.4 Å². The van der Waals surface area contributed by atoms with Gasteiger partial charge in [0.25, 0.3) is 5.91 Å². The number of rotatable bonds is 7. The molecule has 0 saturated carbocycles. The molecular formula is C20H19F2NO4. The molecule has 2 aromatic carbocycles. The summed E-state index contributed by atoms with van der Waals surface area (Å²) in [6.45, 7) is 3.19. The number of anilines is 1. The fourth-order valence-electron chi connectivity index (χ4n) is 2.27. The van der Waals surface area contributed by atoms with Crippen LogP contribution in [0, 0.1) is 25.5 Å². The molecule has 0 fully saturated rings. The highest BCUT2D eigenvalue weighted by Gasteiger charge is 2.13. The fraction of sp³-hybridized carbons (Fsp3) is 0.250. The van der Waals surface area contributed by atoms with Gasteiger partial charge in [0.1, 0.15) is 11.6 Å². The second-order valence-corrected chi connectivity index (χ2v) is 6.06. The van der Waals surface area contributed by atoms with Crippen molar-refractivity contribution in [2.75, 3.05) is 11.9 Å². The van der Waals surface area contributed by atoms with Gasteiger partial charge in [0.05, 0.1) is 12.1 Å². The van der Waals surface area contributed by atoms with Crippen LogP contribution >= 0.6 is 0 Å². The lowest BCUT2D eigenvalue weighted by Crippen LogP contribution is -2.21. The summed E-state index contributed by atoms with van der Waals surface area (Å²) >= 11 is 0. The molecule has 0 aromatic heterocycles. The summed E-state index contributed by atoms with van der Waals surface area (Å²) in [5.74, 6) is -3.40. The minimum atomic E-state index is -0.936. The van der Waals surface area contributed by atoms with Crippen LogP contribution < -0.4 is 5.32 Å². The van der Waals surface area contributed by atoms with E-state index in [2.05, 4.69) is 5.32 Å². The molecule has 0 saturated heterocycles. The molecule has 0 aliphatic heterocycles. The molecule has 1 N–H and O–H groups in total. The number of esters is 1. The van der Waals surface area contributed by atoms with Gasteiger partial charge in [-0.15, -0.1) is 0 Å². The van der Waals surface area contributed by atoms with Crippen LogP contribution in [0.5, 0.6) is 0 Å². The van der Waals surface area contributed by atoms with Crippen LogP contribution in [0.15, 0.2) is 36.4 Å². The van der Waals surface area contributed by atoms with Gasteiger partial charge in [-0.3, -0.25) is 14.4 Å². The summed E-state index contributed by atoms with van der Waals surface area (Å²) in [4.78, 5) is 35.5.